The second-order valence-electron chi connectivity index (χ2n) is 4.62. The van der Waals surface area contributed by atoms with E-state index in [1.54, 1.807) is 0 Å². The Morgan fingerprint density at radius 1 is 1.38 bits per heavy atom. The van der Waals surface area contributed by atoms with Gasteiger partial charge in [-0.05, 0) is 32.2 Å². The van der Waals surface area contributed by atoms with Crippen LogP contribution in [0.15, 0.2) is 0 Å². The average molecular weight is 235 g/mol. The van der Waals surface area contributed by atoms with Crippen LogP contribution in [0.1, 0.15) is 46.0 Å². The van der Waals surface area contributed by atoms with Crippen LogP contribution in [0.25, 0.3) is 0 Å². The van der Waals surface area contributed by atoms with Gasteiger partial charge in [-0.3, -0.25) is 0 Å². The molecule has 1 N–H and O–H groups in total. The predicted molar refractivity (Wildman–Crippen MR) is 60.9 cm³/mol. The van der Waals surface area contributed by atoms with Crippen molar-refractivity contribution < 1.29 is 13.5 Å². The fourth-order valence-electron chi connectivity index (χ4n) is 2.29. The van der Waals surface area contributed by atoms with Gasteiger partial charge in [0.2, 0.25) is 0 Å². The van der Waals surface area contributed by atoms with Crippen molar-refractivity contribution in [3.8, 4) is 0 Å². The summed E-state index contributed by atoms with van der Waals surface area (Å²) in [5.74, 6) is 0. The van der Waals surface area contributed by atoms with E-state index >= 15 is 0 Å². The fraction of sp³-hybridized carbons (Fsp3) is 1.00. The smallest absolute Gasteiger partial charge is 0.256 e. The monoisotopic (exact) mass is 235 g/mol. The van der Waals surface area contributed by atoms with Crippen LogP contribution in [0, 0.1) is 0 Å². The second-order valence-corrected chi connectivity index (χ2v) is 4.62. The van der Waals surface area contributed by atoms with Crippen LogP contribution in [0.5, 0.6) is 0 Å². The molecule has 2 nitrogen and oxygen atoms in total. The van der Waals surface area contributed by atoms with Crippen LogP contribution < -0.4 is 5.32 Å². The Morgan fingerprint density at radius 3 is 2.69 bits per heavy atom. The molecule has 0 bridgehead atoms. The van der Waals surface area contributed by atoms with Gasteiger partial charge in [-0.15, -0.1) is 0 Å². The van der Waals surface area contributed by atoms with E-state index < -0.39 is 12.0 Å². The maximum absolute atomic E-state index is 13.2. The third-order valence-corrected chi connectivity index (χ3v) is 3.25. The van der Waals surface area contributed by atoms with Gasteiger partial charge in [0.05, 0.1) is 11.6 Å². The van der Waals surface area contributed by atoms with Crippen LogP contribution in [-0.4, -0.2) is 31.2 Å². The van der Waals surface area contributed by atoms with E-state index in [0.29, 0.717) is 26.0 Å². The lowest BCUT2D eigenvalue weighted by Gasteiger charge is -2.41. The molecule has 0 aromatic carbocycles. The highest BCUT2D eigenvalue weighted by molar-refractivity contribution is 4.95. The standard InChI is InChI=1S/C12H23F2NO/c1-3-5-10-9-12(11(13)14,6-8-16-10)15-7-4-2/h10-11,15H,3-9H2,1-2H3. The minimum absolute atomic E-state index is 0.00268. The molecule has 2 unspecified atom stereocenters. The molecule has 96 valence electrons. The zero-order chi connectivity index (χ0) is 12.0. The largest absolute Gasteiger partial charge is 0.378 e. The summed E-state index contributed by atoms with van der Waals surface area (Å²) in [6.45, 7) is 5.16. The molecule has 1 heterocycles. The SMILES string of the molecule is CCCNC1(C(F)F)CCOC(CCC)C1. The Balaban J connectivity index is 2.60. The highest BCUT2D eigenvalue weighted by atomic mass is 19.3. The predicted octanol–water partition coefficient (Wildman–Crippen LogP) is 2.97. The molecule has 1 rings (SSSR count). The van der Waals surface area contributed by atoms with Crippen LogP contribution in [0.2, 0.25) is 0 Å². The Morgan fingerprint density at radius 2 is 2.12 bits per heavy atom. The van der Waals surface area contributed by atoms with Gasteiger partial charge in [-0.25, -0.2) is 8.78 Å². The van der Waals surface area contributed by atoms with E-state index in [1.165, 1.54) is 0 Å². The molecule has 0 aliphatic carbocycles. The minimum atomic E-state index is -2.30. The normalized spacial score (nSPS) is 30.9. The van der Waals surface area contributed by atoms with Crippen molar-refractivity contribution in [2.45, 2.75) is 64.0 Å². The van der Waals surface area contributed by atoms with Gasteiger partial charge < -0.3 is 10.1 Å². The topological polar surface area (TPSA) is 21.3 Å². The summed E-state index contributed by atoms with van der Waals surface area (Å²) in [5, 5.41) is 3.04. The number of hydrogen-bond acceptors (Lipinski definition) is 2. The van der Waals surface area contributed by atoms with Crippen molar-refractivity contribution in [1.82, 2.24) is 5.32 Å². The zero-order valence-electron chi connectivity index (χ0n) is 10.3. The number of ether oxygens (including phenoxy) is 1. The molecule has 1 aliphatic heterocycles. The van der Waals surface area contributed by atoms with E-state index in [0.717, 1.165) is 19.3 Å². The average Bonchev–Trinajstić information content (AvgIpc) is 2.27. The number of hydrogen-bond donors (Lipinski definition) is 1. The van der Waals surface area contributed by atoms with E-state index in [-0.39, 0.29) is 6.10 Å². The fourth-order valence-corrected chi connectivity index (χ4v) is 2.29. The molecule has 0 amide bonds. The first-order valence-electron chi connectivity index (χ1n) is 6.29. The van der Waals surface area contributed by atoms with Crippen LogP contribution in [0.4, 0.5) is 8.78 Å². The summed E-state index contributed by atoms with van der Waals surface area (Å²) in [4.78, 5) is 0. The zero-order valence-corrected chi connectivity index (χ0v) is 10.3. The molecule has 0 saturated carbocycles. The molecule has 0 spiro atoms. The van der Waals surface area contributed by atoms with E-state index in [2.05, 4.69) is 12.2 Å². The molecule has 0 aromatic rings. The highest BCUT2D eigenvalue weighted by Crippen LogP contribution is 2.32. The molecule has 0 aromatic heterocycles. The van der Waals surface area contributed by atoms with Gasteiger partial charge in [0.25, 0.3) is 6.43 Å². The molecular weight excluding hydrogens is 212 g/mol. The summed E-state index contributed by atoms with van der Waals surface area (Å²) < 4.78 is 31.9. The van der Waals surface area contributed by atoms with Crippen LogP contribution in [0.3, 0.4) is 0 Å². The summed E-state index contributed by atoms with van der Waals surface area (Å²) in [7, 11) is 0. The summed E-state index contributed by atoms with van der Waals surface area (Å²) in [6, 6.07) is 0. The van der Waals surface area contributed by atoms with E-state index in [1.807, 2.05) is 6.92 Å². The lowest BCUT2D eigenvalue weighted by molar-refractivity contribution is -0.0857. The number of nitrogens with one attached hydrogen (secondary N) is 1. The van der Waals surface area contributed by atoms with E-state index in [9.17, 15) is 8.78 Å². The lowest BCUT2D eigenvalue weighted by Crippen LogP contribution is -2.57. The maximum atomic E-state index is 13.2. The Bertz CT molecular complexity index is 199. The van der Waals surface area contributed by atoms with Gasteiger partial charge in [0, 0.05) is 6.61 Å². The number of halogens is 2. The van der Waals surface area contributed by atoms with E-state index in [4.69, 9.17) is 4.74 Å². The lowest BCUT2D eigenvalue weighted by atomic mass is 9.85. The van der Waals surface area contributed by atoms with Gasteiger partial charge in [-0.2, -0.15) is 0 Å². The van der Waals surface area contributed by atoms with Gasteiger partial charge in [-0.1, -0.05) is 20.3 Å². The van der Waals surface area contributed by atoms with Crippen LogP contribution in [-0.2, 0) is 4.74 Å². The molecule has 1 fully saturated rings. The summed E-state index contributed by atoms with van der Waals surface area (Å²) in [6.07, 6.45) is 1.30. The highest BCUT2D eigenvalue weighted by Gasteiger charge is 2.43. The van der Waals surface area contributed by atoms with Crippen molar-refractivity contribution >= 4 is 0 Å². The molecule has 0 radical (unpaired) electrons. The summed E-state index contributed by atoms with van der Waals surface area (Å²) in [5.41, 5.74) is -1.01. The first-order chi connectivity index (χ1) is 7.64. The third kappa shape index (κ3) is 3.39. The third-order valence-electron chi connectivity index (χ3n) is 3.25. The van der Waals surface area contributed by atoms with Crippen molar-refractivity contribution in [3.63, 3.8) is 0 Å². The Kier molecular flexibility index (Phi) is 5.62. The van der Waals surface area contributed by atoms with Crippen molar-refractivity contribution in [1.29, 1.82) is 0 Å². The van der Waals surface area contributed by atoms with Gasteiger partial charge in [0.15, 0.2) is 0 Å². The summed E-state index contributed by atoms with van der Waals surface area (Å²) >= 11 is 0. The quantitative estimate of drug-likeness (QED) is 0.764. The van der Waals surface area contributed by atoms with Crippen molar-refractivity contribution in [2.75, 3.05) is 13.2 Å². The second kappa shape index (κ2) is 6.50. The first kappa shape index (κ1) is 13.8. The molecule has 2 atom stereocenters. The van der Waals surface area contributed by atoms with Crippen molar-refractivity contribution in [2.24, 2.45) is 0 Å². The molecule has 16 heavy (non-hydrogen) atoms. The maximum Gasteiger partial charge on any atom is 0.256 e. The number of rotatable bonds is 6. The van der Waals surface area contributed by atoms with Gasteiger partial charge in [0.1, 0.15) is 0 Å². The Hall–Kier alpha value is -0.220. The molecule has 1 saturated heterocycles. The van der Waals surface area contributed by atoms with Crippen molar-refractivity contribution in [3.05, 3.63) is 0 Å². The molecule has 4 heteroatoms. The Labute approximate surface area is 96.7 Å². The molecular formula is C12H23F2NO. The van der Waals surface area contributed by atoms with Gasteiger partial charge >= 0.3 is 0 Å². The van der Waals surface area contributed by atoms with Crippen LogP contribution >= 0.6 is 0 Å². The number of alkyl halides is 2. The molecule has 1 aliphatic rings. The first-order valence-corrected chi connectivity index (χ1v) is 6.29. The minimum Gasteiger partial charge on any atom is -0.378 e.